The van der Waals surface area contributed by atoms with E-state index in [9.17, 15) is 9.90 Å². The molecule has 23 heavy (non-hydrogen) atoms. The second-order valence-corrected chi connectivity index (χ2v) is 6.60. The molecule has 0 bridgehead atoms. The van der Waals surface area contributed by atoms with Gasteiger partial charge < -0.3 is 15.2 Å². The number of rotatable bonds is 5. The molecule has 0 saturated carbocycles. The molecular formula is C18H26N2O3. The third-order valence-corrected chi connectivity index (χ3v) is 4.61. The van der Waals surface area contributed by atoms with E-state index in [0.717, 1.165) is 57.6 Å². The Bertz CT molecular complexity index is 521. The van der Waals surface area contributed by atoms with Crippen molar-refractivity contribution >= 4 is 11.6 Å². The second-order valence-electron chi connectivity index (χ2n) is 6.60. The van der Waals surface area contributed by atoms with Crippen molar-refractivity contribution in [2.24, 2.45) is 0 Å². The van der Waals surface area contributed by atoms with Gasteiger partial charge in [0.25, 0.3) is 0 Å². The van der Waals surface area contributed by atoms with Crippen molar-refractivity contribution in [2.75, 3.05) is 25.0 Å². The van der Waals surface area contributed by atoms with Crippen LogP contribution in [0.2, 0.25) is 0 Å². The Morgan fingerprint density at radius 1 is 1.30 bits per heavy atom. The molecule has 5 heteroatoms. The minimum absolute atomic E-state index is 0.0233. The van der Waals surface area contributed by atoms with Crippen LogP contribution < -0.4 is 5.32 Å². The van der Waals surface area contributed by atoms with Gasteiger partial charge in [-0.15, -0.1) is 0 Å². The van der Waals surface area contributed by atoms with E-state index in [1.54, 1.807) is 0 Å². The third-order valence-electron chi connectivity index (χ3n) is 4.61. The molecule has 1 atom stereocenters. The number of aliphatic hydroxyl groups is 1. The van der Waals surface area contributed by atoms with Gasteiger partial charge in [-0.2, -0.15) is 0 Å². The molecule has 2 N–H and O–H groups in total. The number of ether oxygens (including phenoxy) is 1. The van der Waals surface area contributed by atoms with E-state index >= 15 is 0 Å². The zero-order valence-electron chi connectivity index (χ0n) is 13.5. The van der Waals surface area contributed by atoms with Crippen LogP contribution in [-0.2, 0) is 16.1 Å². The number of hydrogen-bond acceptors (Lipinski definition) is 4. The average molecular weight is 318 g/mol. The van der Waals surface area contributed by atoms with Crippen LogP contribution in [0.4, 0.5) is 5.69 Å². The summed E-state index contributed by atoms with van der Waals surface area (Å²) in [7, 11) is 0. The van der Waals surface area contributed by atoms with Crippen LogP contribution >= 0.6 is 0 Å². The fraction of sp³-hybridized carbons (Fsp3) is 0.611. The first-order valence-electron chi connectivity index (χ1n) is 8.60. The van der Waals surface area contributed by atoms with Crippen LogP contribution in [0.15, 0.2) is 24.3 Å². The summed E-state index contributed by atoms with van der Waals surface area (Å²) in [5, 5.41) is 12.5. The first kappa shape index (κ1) is 16.4. The Hall–Kier alpha value is -1.43. The van der Waals surface area contributed by atoms with E-state index in [2.05, 4.69) is 16.3 Å². The third kappa shape index (κ3) is 5.03. The van der Waals surface area contributed by atoms with Gasteiger partial charge in [-0.25, -0.2) is 0 Å². The van der Waals surface area contributed by atoms with Gasteiger partial charge >= 0.3 is 0 Å². The lowest BCUT2D eigenvalue weighted by atomic mass is 10.1. The number of benzene rings is 1. The number of piperidine rings is 1. The van der Waals surface area contributed by atoms with Crippen molar-refractivity contribution in [1.29, 1.82) is 0 Å². The highest BCUT2D eigenvalue weighted by Gasteiger charge is 2.19. The van der Waals surface area contributed by atoms with E-state index < -0.39 is 0 Å². The molecule has 0 radical (unpaired) electrons. The number of amides is 1. The zero-order valence-corrected chi connectivity index (χ0v) is 13.5. The van der Waals surface area contributed by atoms with Gasteiger partial charge in [0.05, 0.1) is 18.6 Å². The Balaban J connectivity index is 1.51. The van der Waals surface area contributed by atoms with Gasteiger partial charge in [-0.3, -0.25) is 9.69 Å². The number of anilines is 1. The van der Waals surface area contributed by atoms with Gasteiger partial charge in [0.1, 0.15) is 0 Å². The molecule has 2 aliphatic rings. The Morgan fingerprint density at radius 2 is 2.13 bits per heavy atom. The summed E-state index contributed by atoms with van der Waals surface area (Å²) >= 11 is 0. The summed E-state index contributed by atoms with van der Waals surface area (Å²) in [5.74, 6) is 0.0233. The fourth-order valence-corrected chi connectivity index (χ4v) is 3.31. The topological polar surface area (TPSA) is 61.8 Å². The summed E-state index contributed by atoms with van der Waals surface area (Å²) in [6.45, 7) is 3.49. The maximum Gasteiger partial charge on any atom is 0.226 e. The predicted molar refractivity (Wildman–Crippen MR) is 89.2 cm³/mol. The van der Waals surface area contributed by atoms with Gasteiger partial charge in [0.2, 0.25) is 5.91 Å². The van der Waals surface area contributed by atoms with Crippen LogP contribution in [-0.4, -0.2) is 47.8 Å². The second kappa shape index (κ2) is 7.90. The number of nitrogens with zero attached hydrogens (tertiary/aromatic N) is 1. The number of hydrogen-bond donors (Lipinski definition) is 2. The number of carbonyl (C=O) groups is 1. The van der Waals surface area contributed by atoms with Crippen LogP contribution in [0.1, 0.15) is 37.7 Å². The van der Waals surface area contributed by atoms with E-state index in [1.165, 1.54) is 5.56 Å². The van der Waals surface area contributed by atoms with E-state index in [1.807, 2.05) is 18.2 Å². The summed E-state index contributed by atoms with van der Waals surface area (Å²) in [4.78, 5) is 14.4. The smallest absolute Gasteiger partial charge is 0.226 e. The molecule has 2 saturated heterocycles. The highest BCUT2D eigenvalue weighted by molar-refractivity contribution is 5.91. The average Bonchev–Trinajstić information content (AvgIpc) is 3.03. The minimum atomic E-state index is -0.144. The van der Waals surface area contributed by atoms with E-state index in [4.69, 9.17) is 4.74 Å². The van der Waals surface area contributed by atoms with Crippen molar-refractivity contribution in [3.05, 3.63) is 29.8 Å². The van der Waals surface area contributed by atoms with Crippen LogP contribution in [0.5, 0.6) is 0 Å². The molecule has 1 aromatic carbocycles. The van der Waals surface area contributed by atoms with Gasteiger partial charge in [0, 0.05) is 31.9 Å². The monoisotopic (exact) mass is 318 g/mol. The fourth-order valence-electron chi connectivity index (χ4n) is 3.31. The van der Waals surface area contributed by atoms with Crippen LogP contribution in [0.25, 0.3) is 0 Å². The largest absolute Gasteiger partial charge is 0.393 e. The maximum absolute atomic E-state index is 12.1. The van der Waals surface area contributed by atoms with Crippen molar-refractivity contribution < 1.29 is 14.6 Å². The Morgan fingerprint density at radius 3 is 2.87 bits per heavy atom. The molecule has 2 aliphatic heterocycles. The van der Waals surface area contributed by atoms with Crippen molar-refractivity contribution in [1.82, 2.24) is 4.90 Å². The Labute approximate surface area is 137 Å². The maximum atomic E-state index is 12.1. The molecule has 2 fully saturated rings. The molecule has 3 rings (SSSR count). The number of nitrogens with one attached hydrogen (secondary N) is 1. The quantitative estimate of drug-likeness (QED) is 0.873. The Kier molecular flexibility index (Phi) is 5.65. The molecule has 126 valence electrons. The summed E-state index contributed by atoms with van der Waals surface area (Å²) in [6, 6.07) is 8.03. The normalized spacial score (nSPS) is 23.1. The lowest BCUT2D eigenvalue weighted by molar-refractivity contribution is -0.118. The van der Waals surface area contributed by atoms with Gasteiger partial charge in [-0.05, 0) is 43.4 Å². The summed E-state index contributed by atoms with van der Waals surface area (Å²) in [5.41, 5.74) is 2.04. The number of carbonyl (C=O) groups excluding carboxylic acids is 1. The molecule has 1 amide bonds. The van der Waals surface area contributed by atoms with Gasteiger partial charge in [-0.1, -0.05) is 12.1 Å². The summed E-state index contributed by atoms with van der Waals surface area (Å²) < 4.78 is 5.51. The van der Waals surface area contributed by atoms with Crippen LogP contribution in [0.3, 0.4) is 0 Å². The minimum Gasteiger partial charge on any atom is -0.393 e. The zero-order chi connectivity index (χ0) is 16.1. The lowest BCUT2D eigenvalue weighted by Crippen LogP contribution is -2.35. The van der Waals surface area contributed by atoms with Crippen molar-refractivity contribution in [3.63, 3.8) is 0 Å². The SMILES string of the molecule is O=C(C[C@H]1CCCO1)Nc1cccc(CN2CCC(O)CC2)c1. The highest BCUT2D eigenvalue weighted by atomic mass is 16.5. The number of aliphatic hydroxyl groups excluding tert-OH is 1. The summed E-state index contributed by atoms with van der Waals surface area (Å²) in [6.07, 6.45) is 4.10. The molecule has 0 unspecified atom stereocenters. The van der Waals surface area contributed by atoms with Crippen LogP contribution in [0, 0.1) is 0 Å². The molecule has 5 nitrogen and oxygen atoms in total. The standard InChI is InChI=1S/C18H26N2O3/c21-16-6-8-20(9-7-16)13-14-3-1-4-15(11-14)19-18(22)12-17-5-2-10-23-17/h1,3-4,11,16-17,21H,2,5-10,12-13H2,(H,19,22)/t17-/m1/s1. The predicted octanol–water partition coefficient (Wildman–Crippen LogP) is 2.15. The number of likely N-dealkylation sites (tertiary alicyclic amines) is 1. The van der Waals surface area contributed by atoms with E-state index in [0.29, 0.717) is 6.42 Å². The van der Waals surface area contributed by atoms with Crippen molar-refractivity contribution in [2.45, 2.75) is 50.9 Å². The molecule has 0 aromatic heterocycles. The van der Waals surface area contributed by atoms with E-state index in [-0.39, 0.29) is 18.1 Å². The van der Waals surface area contributed by atoms with Gasteiger partial charge in [0.15, 0.2) is 0 Å². The molecule has 0 spiro atoms. The highest BCUT2D eigenvalue weighted by Crippen LogP contribution is 2.19. The lowest BCUT2D eigenvalue weighted by Gasteiger charge is -2.29. The molecule has 1 aromatic rings. The first-order chi connectivity index (χ1) is 11.2. The molecule has 0 aliphatic carbocycles. The van der Waals surface area contributed by atoms with Crippen molar-refractivity contribution in [3.8, 4) is 0 Å². The molecular weight excluding hydrogens is 292 g/mol. The first-order valence-corrected chi connectivity index (χ1v) is 8.60. The molecule has 2 heterocycles.